The summed E-state index contributed by atoms with van der Waals surface area (Å²) < 4.78 is 0. The van der Waals surface area contributed by atoms with E-state index >= 15 is 0 Å². The Kier molecular flexibility index (Phi) is 3.19. The lowest BCUT2D eigenvalue weighted by molar-refractivity contribution is 0.101. The highest BCUT2D eigenvalue weighted by atomic mass is 32.1. The Bertz CT molecular complexity index is 534. The smallest absolute Gasteiger partial charge is 0.186 e. The molecule has 0 unspecified atom stereocenters. The first-order valence-corrected chi connectivity index (χ1v) is 6.00. The highest BCUT2D eigenvalue weighted by Crippen LogP contribution is 2.33. The summed E-state index contributed by atoms with van der Waals surface area (Å²) in [5.74, 6) is -0.0202. The summed E-state index contributed by atoms with van der Waals surface area (Å²) in [5, 5.41) is 0.828. The Labute approximate surface area is 104 Å². The van der Waals surface area contributed by atoms with E-state index in [0.29, 0.717) is 5.69 Å². The topological polar surface area (TPSA) is 46.1 Å². The van der Waals surface area contributed by atoms with Crippen LogP contribution >= 0.6 is 11.3 Å². The molecule has 0 atom stereocenters. The molecule has 5 heteroatoms. The van der Waals surface area contributed by atoms with Crippen molar-refractivity contribution in [2.45, 2.75) is 6.92 Å². The second kappa shape index (κ2) is 4.63. The number of Topliss-reactive ketones (excluding diaryl/α,β-unsaturated/α-hetero) is 1. The first kappa shape index (κ1) is 11.7. The third kappa shape index (κ3) is 2.34. The average Bonchev–Trinajstić information content (AvgIpc) is 2.75. The molecule has 0 aliphatic heterocycles. The molecular formula is C12H13N3OS. The van der Waals surface area contributed by atoms with Crippen LogP contribution in [-0.2, 0) is 0 Å². The van der Waals surface area contributed by atoms with E-state index in [1.807, 2.05) is 31.1 Å². The van der Waals surface area contributed by atoms with Gasteiger partial charge in [-0.05, 0) is 6.07 Å². The SMILES string of the molecule is CC(=O)c1nc(N(C)C)sc1-c1cccnc1. The van der Waals surface area contributed by atoms with Gasteiger partial charge in [-0.1, -0.05) is 17.4 Å². The van der Waals surface area contributed by atoms with E-state index < -0.39 is 0 Å². The maximum absolute atomic E-state index is 11.6. The van der Waals surface area contributed by atoms with E-state index in [0.717, 1.165) is 15.6 Å². The number of pyridine rings is 1. The number of carbonyl (C=O) groups excluding carboxylic acids is 1. The van der Waals surface area contributed by atoms with Crippen LogP contribution in [0.25, 0.3) is 10.4 Å². The Morgan fingerprint density at radius 2 is 2.18 bits per heavy atom. The fourth-order valence-electron chi connectivity index (χ4n) is 1.43. The number of hydrogen-bond donors (Lipinski definition) is 0. The van der Waals surface area contributed by atoms with Crippen molar-refractivity contribution in [3.8, 4) is 10.4 Å². The minimum Gasteiger partial charge on any atom is -0.354 e. The molecule has 0 aliphatic carbocycles. The Balaban J connectivity index is 2.56. The van der Waals surface area contributed by atoms with Crippen molar-refractivity contribution in [3.63, 3.8) is 0 Å². The van der Waals surface area contributed by atoms with Gasteiger partial charge < -0.3 is 4.90 Å². The molecule has 0 fully saturated rings. The van der Waals surface area contributed by atoms with Gasteiger partial charge in [0.1, 0.15) is 5.69 Å². The zero-order valence-corrected chi connectivity index (χ0v) is 10.8. The summed E-state index contributed by atoms with van der Waals surface area (Å²) in [6, 6.07) is 3.79. The van der Waals surface area contributed by atoms with E-state index in [9.17, 15) is 4.79 Å². The minimum absolute atomic E-state index is 0.0202. The molecule has 2 rings (SSSR count). The van der Waals surface area contributed by atoms with E-state index in [4.69, 9.17) is 0 Å². The van der Waals surface area contributed by atoms with Gasteiger partial charge in [-0.25, -0.2) is 4.98 Å². The molecule has 0 aromatic carbocycles. The molecule has 0 aliphatic rings. The van der Waals surface area contributed by atoms with Gasteiger partial charge in [0, 0.05) is 39.0 Å². The van der Waals surface area contributed by atoms with Gasteiger partial charge in [0.05, 0.1) is 4.88 Å². The Hall–Kier alpha value is -1.75. The fraction of sp³-hybridized carbons (Fsp3) is 0.250. The maximum atomic E-state index is 11.6. The van der Waals surface area contributed by atoms with Crippen LogP contribution in [0.5, 0.6) is 0 Å². The summed E-state index contributed by atoms with van der Waals surface area (Å²) in [5.41, 5.74) is 1.45. The van der Waals surface area contributed by atoms with Gasteiger partial charge in [0.15, 0.2) is 10.9 Å². The molecule has 4 nitrogen and oxygen atoms in total. The number of ketones is 1. The number of rotatable bonds is 3. The zero-order valence-electron chi connectivity index (χ0n) is 9.97. The van der Waals surface area contributed by atoms with E-state index in [-0.39, 0.29) is 5.78 Å². The second-order valence-electron chi connectivity index (χ2n) is 3.87. The summed E-state index contributed by atoms with van der Waals surface area (Å²) in [6.45, 7) is 1.54. The first-order valence-electron chi connectivity index (χ1n) is 5.19. The lowest BCUT2D eigenvalue weighted by Crippen LogP contribution is -2.08. The van der Waals surface area contributed by atoms with Crippen LogP contribution in [0.2, 0.25) is 0 Å². The lowest BCUT2D eigenvalue weighted by Gasteiger charge is -2.05. The summed E-state index contributed by atoms with van der Waals surface area (Å²) in [6.07, 6.45) is 3.46. The molecule has 0 N–H and O–H groups in total. The molecule has 17 heavy (non-hydrogen) atoms. The number of anilines is 1. The Morgan fingerprint density at radius 3 is 2.71 bits per heavy atom. The maximum Gasteiger partial charge on any atom is 0.186 e. The van der Waals surface area contributed by atoms with E-state index in [1.54, 1.807) is 12.4 Å². The van der Waals surface area contributed by atoms with Crippen molar-refractivity contribution in [2.24, 2.45) is 0 Å². The molecule has 2 heterocycles. The van der Waals surface area contributed by atoms with Crippen molar-refractivity contribution in [1.29, 1.82) is 0 Å². The normalized spacial score (nSPS) is 10.3. The summed E-state index contributed by atoms with van der Waals surface area (Å²) in [4.78, 5) is 22.8. The van der Waals surface area contributed by atoms with Gasteiger partial charge in [-0.2, -0.15) is 0 Å². The number of thiazole rings is 1. The van der Waals surface area contributed by atoms with E-state index in [2.05, 4.69) is 9.97 Å². The van der Waals surface area contributed by atoms with Crippen molar-refractivity contribution < 1.29 is 4.79 Å². The molecule has 88 valence electrons. The third-order valence-corrected chi connectivity index (χ3v) is 3.53. The average molecular weight is 247 g/mol. The lowest BCUT2D eigenvalue weighted by atomic mass is 10.2. The van der Waals surface area contributed by atoms with Gasteiger partial charge in [0.2, 0.25) is 0 Å². The van der Waals surface area contributed by atoms with Crippen molar-refractivity contribution in [1.82, 2.24) is 9.97 Å². The van der Waals surface area contributed by atoms with Crippen molar-refractivity contribution in [2.75, 3.05) is 19.0 Å². The summed E-state index contributed by atoms with van der Waals surface area (Å²) in [7, 11) is 3.82. The Morgan fingerprint density at radius 1 is 1.41 bits per heavy atom. The van der Waals surface area contributed by atoms with Gasteiger partial charge in [0.25, 0.3) is 0 Å². The highest BCUT2D eigenvalue weighted by molar-refractivity contribution is 7.19. The molecular weight excluding hydrogens is 234 g/mol. The van der Waals surface area contributed by atoms with Crippen LogP contribution in [0.3, 0.4) is 0 Å². The number of hydrogen-bond acceptors (Lipinski definition) is 5. The molecule has 0 spiro atoms. The standard InChI is InChI=1S/C12H13N3OS/c1-8(16)10-11(9-5-4-6-13-7-9)17-12(14-10)15(2)3/h4-7H,1-3H3. The van der Waals surface area contributed by atoms with E-state index in [1.165, 1.54) is 18.3 Å². The van der Waals surface area contributed by atoms with Crippen LogP contribution < -0.4 is 4.90 Å². The van der Waals surface area contributed by atoms with Crippen molar-refractivity contribution in [3.05, 3.63) is 30.2 Å². The molecule has 0 radical (unpaired) electrons. The monoisotopic (exact) mass is 247 g/mol. The summed E-state index contributed by atoms with van der Waals surface area (Å²) >= 11 is 1.50. The van der Waals surface area contributed by atoms with Crippen LogP contribution in [0.4, 0.5) is 5.13 Å². The van der Waals surface area contributed by atoms with Gasteiger partial charge in [-0.15, -0.1) is 0 Å². The fourth-order valence-corrected chi connectivity index (χ4v) is 2.46. The predicted octanol–water partition coefficient (Wildman–Crippen LogP) is 2.47. The largest absolute Gasteiger partial charge is 0.354 e. The highest BCUT2D eigenvalue weighted by Gasteiger charge is 2.17. The molecule has 2 aromatic heterocycles. The number of nitrogens with zero attached hydrogens (tertiary/aromatic N) is 3. The van der Waals surface area contributed by atoms with Crippen molar-refractivity contribution >= 4 is 22.3 Å². The quantitative estimate of drug-likeness (QED) is 0.782. The van der Waals surface area contributed by atoms with Crippen LogP contribution in [0, 0.1) is 0 Å². The number of carbonyl (C=O) groups is 1. The molecule has 0 bridgehead atoms. The predicted molar refractivity (Wildman–Crippen MR) is 69.7 cm³/mol. The van der Waals surface area contributed by atoms with Crippen LogP contribution in [-0.4, -0.2) is 29.8 Å². The first-order chi connectivity index (χ1) is 8.09. The second-order valence-corrected chi connectivity index (χ2v) is 4.84. The molecule has 0 saturated heterocycles. The van der Waals surface area contributed by atoms with Gasteiger partial charge >= 0.3 is 0 Å². The molecule has 0 amide bonds. The van der Waals surface area contributed by atoms with Crippen LogP contribution in [0.15, 0.2) is 24.5 Å². The minimum atomic E-state index is -0.0202. The van der Waals surface area contributed by atoms with Crippen LogP contribution in [0.1, 0.15) is 17.4 Å². The number of aromatic nitrogens is 2. The third-order valence-electron chi connectivity index (χ3n) is 2.26. The molecule has 2 aromatic rings. The zero-order chi connectivity index (χ0) is 12.4. The molecule has 0 saturated carbocycles. The van der Waals surface area contributed by atoms with Gasteiger partial charge in [-0.3, -0.25) is 9.78 Å².